The lowest BCUT2D eigenvalue weighted by Gasteiger charge is -2.18. The fourth-order valence-electron chi connectivity index (χ4n) is 3.05. The first-order chi connectivity index (χ1) is 11.2. The number of aryl methyl sites for hydroxylation is 1. The number of hydrogen-bond acceptors (Lipinski definition) is 4. The zero-order chi connectivity index (χ0) is 15.8. The van der Waals surface area contributed by atoms with E-state index < -0.39 is 0 Å². The highest BCUT2D eigenvalue weighted by atomic mass is 16.6. The van der Waals surface area contributed by atoms with Gasteiger partial charge in [0, 0.05) is 18.0 Å². The Morgan fingerprint density at radius 2 is 2.04 bits per heavy atom. The Labute approximate surface area is 134 Å². The summed E-state index contributed by atoms with van der Waals surface area (Å²) >= 11 is 0. The first kappa shape index (κ1) is 14.2. The Morgan fingerprint density at radius 3 is 2.83 bits per heavy atom. The molecule has 1 aliphatic carbocycles. The monoisotopic (exact) mass is 313 g/mol. The summed E-state index contributed by atoms with van der Waals surface area (Å²) in [4.78, 5) is 12.3. The number of carbonyl (C=O) groups excluding carboxylic acids is 1. The molecule has 2 aromatic rings. The van der Waals surface area contributed by atoms with E-state index in [0.29, 0.717) is 19.8 Å². The molecule has 1 saturated carbocycles. The second kappa shape index (κ2) is 5.65. The fourth-order valence-corrected chi connectivity index (χ4v) is 3.05. The predicted molar refractivity (Wildman–Crippen MR) is 83.6 cm³/mol. The number of nitrogens with one attached hydrogen (secondary N) is 1. The van der Waals surface area contributed by atoms with Crippen molar-refractivity contribution in [3.63, 3.8) is 0 Å². The number of amides is 1. The summed E-state index contributed by atoms with van der Waals surface area (Å²) in [6.07, 6.45) is 2.53. The van der Waals surface area contributed by atoms with Crippen molar-refractivity contribution in [3.8, 4) is 11.5 Å². The van der Waals surface area contributed by atoms with Gasteiger partial charge in [-0.05, 0) is 43.0 Å². The standard InChI is InChI=1S/C18H19NO4/c1-11-13(4-5-21-11)10-19-18(20)15-9-14(15)12-2-3-16-17(8-12)23-7-6-22-16/h2-5,8,14-15H,6-7,9-10H2,1H3,(H,19,20). The van der Waals surface area contributed by atoms with Gasteiger partial charge in [-0.2, -0.15) is 0 Å². The summed E-state index contributed by atoms with van der Waals surface area (Å²) in [5, 5.41) is 3.00. The molecule has 23 heavy (non-hydrogen) atoms. The highest BCUT2D eigenvalue weighted by molar-refractivity contribution is 5.83. The van der Waals surface area contributed by atoms with E-state index >= 15 is 0 Å². The number of rotatable bonds is 4. The summed E-state index contributed by atoms with van der Waals surface area (Å²) in [6, 6.07) is 7.87. The lowest BCUT2D eigenvalue weighted by atomic mass is 10.1. The minimum atomic E-state index is 0.0461. The van der Waals surface area contributed by atoms with Gasteiger partial charge >= 0.3 is 0 Å². The van der Waals surface area contributed by atoms with Gasteiger partial charge < -0.3 is 19.2 Å². The Morgan fingerprint density at radius 1 is 1.22 bits per heavy atom. The van der Waals surface area contributed by atoms with Gasteiger partial charge in [-0.3, -0.25) is 4.79 Å². The molecule has 4 rings (SSSR count). The van der Waals surface area contributed by atoms with Crippen LogP contribution in [0.4, 0.5) is 0 Å². The van der Waals surface area contributed by atoms with Gasteiger partial charge in [0.05, 0.1) is 6.26 Å². The molecule has 2 heterocycles. The van der Waals surface area contributed by atoms with E-state index in [9.17, 15) is 4.79 Å². The number of hydrogen-bond donors (Lipinski definition) is 1. The van der Waals surface area contributed by atoms with Gasteiger partial charge in [-0.15, -0.1) is 0 Å². The normalized spacial score (nSPS) is 21.8. The number of ether oxygens (including phenoxy) is 2. The first-order valence-electron chi connectivity index (χ1n) is 7.92. The molecule has 1 fully saturated rings. The molecule has 0 saturated heterocycles. The molecule has 0 radical (unpaired) electrons. The molecular formula is C18H19NO4. The van der Waals surface area contributed by atoms with Crippen LogP contribution in [0.3, 0.4) is 0 Å². The molecular weight excluding hydrogens is 294 g/mol. The van der Waals surface area contributed by atoms with Gasteiger partial charge in [-0.1, -0.05) is 6.07 Å². The van der Waals surface area contributed by atoms with Crippen LogP contribution in [-0.4, -0.2) is 19.1 Å². The molecule has 1 aromatic heterocycles. The van der Waals surface area contributed by atoms with E-state index in [2.05, 4.69) is 5.32 Å². The number of furan rings is 1. The molecule has 5 nitrogen and oxygen atoms in total. The lowest BCUT2D eigenvalue weighted by Crippen LogP contribution is -2.25. The molecule has 2 atom stereocenters. The van der Waals surface area contributed by atoms with E-state index in [-0.39, 0.29) is 17.7 Å². The zero-order valence-electron chi connectivity index (χ0n) is 13.0. The second-order valence-electron chi connectivity index (χ2n) is 6.07. The topological polar surface area (TPSA) is 60.7 Å². The Hall–Kier alpha value is -2.43. The molecule has 0 bridgehead atoms. The largest absolute Gasteiger partial charge is 0.486 e. The third-order valence-electron chi connectivity index (χ3n) is 4.54. The summed E-state index contributed by atoms with van der Waals surface area (Å²) in [5.74, 6) is 2.85. The lowest BCUT2D eigenvalue weighted by molar-refractivity contribution is -0.122. The Balaban J connectivity index is 1.38. The van der Waals surface area contributed by atoms with Gasteiger partial charge in [0.25, 0.3) is 0 Å². The van der Waals surface area contributed by atoms with Gasteiger partial charge in [-0.25, -0.2) is 0 Å². The second-order valence-corrected chi connectivity index (χ2v) is 6.07. The van der Waals surface area contributed by atoms with Crippen molar-refractivity contribution in [2.24, 2.45) is 5.92 Å². The average Bonchev–Trinajstić information content (AvgIpc) is 3.28. The molecule has 1 N–H and O–H groups in total. The summed E-state index contributed by atoms with van der Waals surface area (Å²) in [5.41, 5.74) is 2.17. The molecule has 2 aliphatic rings. The third kappa shape index (κ3) is 2.79. The van der Waals surface area contributed by atoms with Crippen molar-refractivity contribution in [1.29, 1.82) is 0 Å². The predicted octanol–water partition coefficient (Wildman–Crippen LogP) is 2.78. The minimum absolute atomic E-state index is 0.0461. The number of carbonyl (C=O) groups is 1. The van der Waals surface area contributed by atoms with Gasteiger partial charge in [0.15, 0.2) is 11.5 Å². The Kier molecular flexibility index (Phi) is 3.48. The van der Waals surface area contributed by atoms with E-state index in [1.165, 1.54) is 0 Å². The first-order valence-corrected chi connectivity index (χ1v) is 7.92. The van der Waals surface area contributed by atoms with Crippen molar-refractivity contribution in [3.05, 3.63) is 47.4 Å². The van der Waals surface area contributed by atoms with E-state index in [4.69, 9.17) is 13.9 Å². The highest BCUT2D eigenvalue weighted by Gasteiger charge is 2.44. The number of fused-ring (bicyclic) bond motifs is 1. The maximum atomic E-state index is 12.3. The van der Waals surface area contributed by atoms with Gasteiger partial charge in [0.2, 0.25) is 5.91 Å². The van der Waals surface area contributed by atoms with Crippen LogP contribution in [0, 0.1) is 12.8 Å². The quantitative estimate of drug-likeness (QED) is 0.943. The highest BCUT2D eigenvalue weighted by Crippen LogP contribution is 2.49. The molecule has 2 unspecified atom stereocenters. The van der Waals surface area contributed by atoms with Crippen LogP contribution in [0.25, 0.3) is 0 Å². The van der Waals surface area contributed by atoms with Crippen LogP contribution in [0.15, 0.2) is 34.9 Å². The summed E-state index contributed by atoms with van der Waals surface area (Å²) in [6.45, 7) is 3.59. The van der Waals surface area contributed by atoms with Crippen molar-refractivity contribution in [2.45, 2.75) is 25.8 Å². The van der Waals surface area contributed by atoms with Crippen LogP contribution in [0.5, 0.6) is 11.5 Å². The van der Waals surface area contributed by atoms with Crippen molar-refractivity contribution in [1.82, 2.24) is 5.32 Å². The minimum Gasteiger partial charge on any atom is -0.486 e. The smallest absolute Gasteiger partial charge is 0.224 e. The molecule has 1 aliphatic heterocycles. The SMILES string of the molecule is Cc1occc1CNC(=O)C1CC1c1ccc2c(c1)OCCO2. The zero-order valence-corrected chi connectivity index (χ0v) is 13.0. The van der Waals surface area contributed by atoms with E-state index in [1.54, 1.807) is 6.26 Å². The molecule has 120 valence electrons. The van der Waals surface area contributed by atoms with Crippen LogP contribution >= 0.6 is 0 Å². The maximum Gasteiger partial charge on any atom is 0.224 e. The maximum absolute atomic E-state index is 12.3. The van der Waals surface area contributed by atoms with Gasteiger partial charge in [0.1, 0.15) is 19.0 Å². The average molecular weight is 313 g/mol. The van der Waals surface area contributed by atoms with Crippen molar-refractivity contribution in [2.75, 3.05) is 13.2 Å². The van der Waals surface area contributed by atoms with Crippen LogP contribution in [0.1, 0.15) is 29.2 Å². The summed E-state index contributed by atoms with van der Waals surface area (Å²) < 4.78 is 16.4. The number of benzene rings is 1. The summed E-state index contributed by atoms with van der Waals surface area (Å²) in [7, 11) is 0. The molecule has 1 aromatic carbocycles. The third-order valence-corrected chi connectivity index (χ3v) is 4.54. The molecule has 5 heteroatoms. The fraction of sp³-hybridized carbons (Fsp3) is 0.389. The van der Waals surface area contributed by atoms with Crippen LogP contribution in [0.2, 0.25) is 0 Å². The van der Waals surface area contributed by atoms with Crippen molar-refractivity contribution >= 4 is 5.91 Å². The van der Waals surface area contributed by atoms with Crippen LogP contribution < -0.4 is 14.8 Å². The Bertz CT molecular complexity index is 736. The van der Waals surface area contributed by atoms with E-state index in [1.807, 2.05) is 31.2 Å². The van der Waals surface area contributed by atoms with E-state index in [0.717, 1.165) is 34.8 Å². The van der Waals surface area contributed by atoms with Crippen LogP contribution in [-0.2, 0) is 11.3 Å². The molecule has 1 amide bonds. The molecule has 0 spiro atoms. The van der Waals surface area contributed by atoms with Crippen molar-refractivity contribution < 1.29 is 18.7 Å².